The smallest absolute Gasteiger partial charge is 0.263 e. The Morgan fingerprint density at radius 2 is 1.72 bits per heavy atom. The lowest BCUT2D eigenvalue weighted by atomic mass is 9.95. The summed E-state index contributed by atoms with van der Waals surface area (Å²) in [5, 5.41) is 9.95. The number of nitriles is 1. The fraction of sp³-hybridized carbons (Fsp3) is 0.103. The van der Waals surface area contributed by atoms with Crippen LogP contribution in [-0.2, 0) is 10.0 Å². The highest BCUT2D eigenvalue weighted by atomic mass is 32.2. The predicted molar refractivity (Wildman–Crippen MR) is 153 cm³/mol. The molecule has 2 heterocycles. The number of pyridine rings is 1. The van der Waals surface area contributed by atoms with E-state index in [1.807, 2.05) is 36.4 Å². The van der Waals surface area contributed by atoms with Crippen LogP contribution in [0.2, 0.25) is 0 Å². The highest BCUT2D eigenvalue weighted by Crippen LogP contribution is 2.38. The lowest BCUT2D eigenvalue weighted by molar-refractivity contribution is 0.482. The van der Waals surface area contributed by atoms with Gasteiger partial charge >= 0.3 is 0 Å². The third kappa shape index (κ3) is 5.80. The molecular formula is C29H25N5O3S2. The van der Waals surface area contributed by atoms with E-state index in [0.717, 1.165) is 33.8 Å². The van der Waals surface area contributed by atoms with Gasteiger partial charge in [0.2, 0.25) is 5.13 Å². The predicted octanol–water partition coefficient (Wildman–Crippen LogP) is 7.10. The molecule has 3 aromatic carbocycles. The Kier molecular flexibility index (Phi) is 7.36. The Morgan fingerprint density at radius 1 is 0.949 bits per heavy atom. The second-order valence-corrected chi connectivity index (χ2v) is 11.4. The van der Waals surface area contributed by atoms with Crippen molar-refractivity contribution in [3.05, 3.63) is 103 Å². The fourth-order valence-electron chi connectivity index (χ4n) is 4.00. The molecule has 10 heteroatoms. The second-order valence-electron chi connectivity index (χ2n) is 8.95. The van der Waals surface area contributed by atoms with Crippen LogP contribution >= 0.6 is 11.5 Å². The lowest BCUT2D eigenvalue weighted by Gasteiger charge is -2.15. The number of nitrogens with zero attached hydrogens (tertiary/aromatic N) is 4. The number of hydrogen-bond donors (Lipinski definition) is 1. The number of ether oxygens (including phenoxy) is 1. The average molecular weight is 556 g/mol. The highest BCUT2D eigenvalue weighted by molar-refractivity contribution is 7.93. The van der Waals surface area contributed by atoms with E-state index >= 15 is 0 Å². The van der Waals surface area contributed by atoms with Gasteiger partial charge in [-0.05, 0) is 70.6 Å². The van der Waals surface area contributed by atoms with Gasteiger partial charge in [-0.15, -0.1) is 0 Å². The zero-order valence-corrected chi connectivity index (χ0v) is 22.7. The van der Waals surface area contributed by atoms with Crippen LogP contribution in [0.4, 0.5) is 5.13 Å². The van der Waals surface area contributed by atoms with E-state index < -0.39 is 10.0 Å². The average Bonchev–Trinajstić information content (AvgIpc) is 3.46. The number of hydrogen-bond acceptors (Lipinski definition) is 8. The minimum atomic E-state index is -3.96. The summed E-state index contributed by atoms with van der Waals surface area (Å²) in [6.07, 6.45) is 4.67. The van der Waals surface area contributed by atoms with Crippen LogP contribution in [0.5, 0.6) is 11.5 Å². The minimum Gasteiger partial charge on any atom is -0.455 e. The Bertz CT molecular complexity index is 1770. The molecule has 1 N–H and O–H groups in total. The molecule has 0 amide bonds. The number of benzene rings is 3. The monoisotopic (exact) mass is 555 g/mol. The normalized spacial score (nSPS) is 11.2. The molecule has 0 fully saturated rings. The Labute approximate surface area is 232 Å². The van der Waals surface area contributed by atoms with E-state index in [1.54, 1.807) is 12.4 Å². The van der Waals surface area contributed by atoms with Crippen molar-refractivity contribution in [2.45, 2.75) is 24.7 Å². The Balaban J connectivity index is 0.00000370. The molecule has 5 aromatic rings. The molecule has 196 valence electrons. The highest BCUT2D eigenvalue weighted by Gasteiger charge is 2.19. The molecule has 0 bridgehead atoms. The first-order valence-electron chi connectivity index (χ1n) is 12.0. The maximum atomic E-state index is 12.8. The molecule has 0 saturated carbocycles. The van der Waals surface area contributed by atoms with Crippen molar-refractivity contribution in [3.63, 3.8) is 0 Å². The number of sulfonamides is 1. The maximum absolute atomic E-state index is 12.8. The summed E-state index contributed by atoms with van der Waals surface area (Å²) < 4.78 is 38.0. The van der Waals surface area contributed by atoms with Gasteiger partial charge in [0.05, 0.1) is 10.5 Å². The summed E-state index contributed by atoms with van der Waals surface area (Å²) in [4.78, 5) is 7.89. The molecule has 5 rings (SSSR count). The molecule has 0 aliphatic carbocycles. The minimum absolute atomic E-state index is 0. The third-order valence-electron chi connectivity index (χ3n) is 6.04. The maximum Gasteiger partial charge on any atom is 0.263 e. The molecule has 0 saturated heterocycles. The van der Waals surface area contributed by atoms with Crippen molar-refractivity contribution in [1.82, 2.24) is 14.3 Å². The van der Waals surface area contributed by atoms with Gasteiger partial charge in [-0.1, -0.05) is 44.2 Å². The third-order valence-corrected chi connectivity index (χ3v) is 8.09. The number of aromatic nitrogens is 3. The summed E-state index contributed by atoms with van der Waals surface area (Å²) in [6, 6.07) is 24.2. The van der Waals surface area contributed by atoms with E-state index in [4.69, 9.17) is 4.74 Å². The first kappa shape index (κ1) is 26.0. The van der Waals surface area contributed by atoms with Crippen LogP contribution in [0.15, 0.2) is 96.4 Å². The van der Waals surface area contributed by atoms with Crippen molar-refractivity contribution in [3.8, 4) is 39.8 Å². The van der Waals surface area contributed by atoms with Crippen LogP contribution in [0, 0.1) is 11.3 Å². The van der Waals surface area contributed by atoms with Gasteiger partial charge in [0.15, 0.2) is 0 Å². The molecule has 0 aliphatic rings. The first-order chi connectivity index (χ1) is 18.8. The fourth-order valence-corrected chi connectivity index (χ4v) is 5.68. The van der Waals surface area contributed by atoms with E-state index in [2.05, 4.69) is 57.2 Å². The van der Waals surface area contributed by atoms with E-state index in [-0.39, 0.29) is 22.8 Å². The molecule has 0 aliphatic heterocycles. The molecule has 8 nitrogen and oxygen atoms in total. The quantitative estimate of drug-likeness (QED) is 0.217. The van der Waals surface area contributed by atoms with Crippen molar-refractivity contribution in [2.24, 2.45) is 0 Å². The number of rotatable bonds is 8. The van der Waals surface area contributed by atoms with Gasteiger partial charge in [-0.3, -0.25) is 9.71 Å². The largest absolute Gasteiger partial charge is 0.455 e. The SMILES string of the molecule is CC(C)c1cccc(-c2ccc(Oc3ccc(S(=O)(=O)Nc4ncns4)cc3C#N)c(-c3ccncc3)c2)c1.[HH]. The number of nitrogens with one attached hydrogen (secondary N) is 1. The van der Waals surface area contributed by atoms with Crippen LogP contribution in [0.25, 0.3) is 22.3 Å². The summed E-state index contributed by atoms with van der Waals surface area (Å²) in [5.74, 6) is 1.15. The summed E-state index contributed by atoms with van der Waals surface area (Å²) >= 11 is 0.915. The Hall–Kier alpha value is -4.59. The van der Waals surface area contributed by atoms with E-state index in [1.165, 1.54) is 30.1 Å². The molecule has 0 unspecified atom stereocenters. The van der Waals surface area contributed by atoms with Gasteiger partial charge in [0, 0.05) is 30.9 Å². The zero-order chi connectivity index (χ0) is 27.4. The van der Waals surface area contributed by atoms with Crippen LogP contribution in [-0.4, -0.2) is 22.8 Å². The lowest BCUT2D eigenvalue weighted by Crippen LogP contribution is -2.13. The van der Waals surface area contributed by atoms with Crippen molar-refractivity contribution in [1.29, 1.82) is 5.26 Å². The van der Waals surface area contributed by atoms with Crippen LogP contribution < -0.4 is 9.46 Å². The summed E-state index contributed by atoms with van der Waals surface area (Å²) in [6.45, 7) is 4.32. The molecule has 2 aromatic heterocycles. The van der Waals surface area contributed by atoms with Gasteiger partial charge in [0.25, 0.3) is 10.0 Å². The standard InChI is InChI=1S/C29H23N5O3S2.H2/c1-19(2)21-4-3-5-22(14-21)23-6-8-28(26(16-23)20-10-12-31-13-11-20)37-27-9-7-25(15-24(27)17-30)39(35,36)34-29-32-18-33-38-29;/h3-16,18-19H,1-2H3,(H,32,33,34);1H. The van der Waals surface area contributed by atoms with Crippen molar-refractivity contribution >= 4 is 26.7 Å². The summed E-state index contributed by atoms with van der Waals surface area (Å²) in [7, 11) is -3.96. The van der Waals surface area contributed by atoms with Gasteiger partial charge in [-0.25, -0.2) is 13.4 Å². The molecule has 0 spiro atoms. The van der Waals surface area contributed by atoms with Gasteiger partial charge < -0.3 is 4.74 Å². The molecular weight excluding hydrogens is 530 g/mol. The first-order valence-corrected chi connectivity index (χ1v) is 14.3. The number of anilines is 1. The van der Waals surface area contributed by atoms with Crippen LogP contribution in [0.1, 0.15) is 32.3 Å². The molecule has 0 atom stereocenters. The Morgan fingerprint density at radius 3 is 2.44 bits per heavy atom. The molecule has 0 radical (unpaired) electrons. The van der Waals surface area contributed by atoms with E-state index in [9.17, 15) is 13.7 Å². The topological polar surface area (TPSA) is 118 Å². The van der Waals surface area contributed by atoms with Crippen LogP contribution in [0.3, 0.4) is 0 Å². The van der Waals surface area contributed by atoms with Crippen molar-refractivity contribution < 1.29 is 14.6 Å². The summed E-state index contributed by atoms with van der Waals surface area (Å²) in [5.41, 5.74) is 5.11. The molecule has 39 heavy (non-hydrogen) atoms. The van der Waals surface area contributed by atoms with Gasteiger partial charge in [-0.2, -0.15) is 9.64 Å². The van der Waals surface area contributed by atoms with E-state index in [0.29, 0.717) is 11.7 Å². The second kappa shape index (κ2) is 11.0. The zero-order valence-electron chi connectivity index (χ0n) is 21.1. The van der Waals surface area contributed by atoms with Crippen molar-refractivity contribution in [2.75, 3.05) is 4.72 Å². The van der Waals surface area contributed by atoms with Gasteiger partial charge in [0.1, 0.15) is 23.9 Å².